The van der Waals surface area contributed by atoms with E-state index in [1.165, 1.54) is 62.6 Å². The number of nitriles is 1. The molecule has 0 saturated heterocycles. The van der Waals surface area contributed by atoms with E-state index in [2.05, 4.69) is 11.9 Å². The first-order valence-corrected chi connectivity index (χ1v) is 8.97. The van der Waals surface area contributed by atoms with E-state index in [-0.39, 0.29) is 40.4 Å². The Balaban J connectivity index is 2.31. The van der Waals surface area contributed by atoms with Crippen LogP contribution in [0.15, 0.2) is 54.6 Å². The zero-order valence-corrected chi connectivity index (χ0v) is 16.9. The molecule has 0 heterocycles. The first-order chi connectivity index (χ1) is 14.8. The van der Waals surface area contributed by atoms with Gasteiger partial charge in [0.05, 0.1) is 17.6 Å². The van der Waals surface area contributed by atoms with Gasteiger partial charge in [-0.3, -0.25) is 14.9 Å². The number of hydrogen-bond donors (Lipinski definition) is 1. The Morgan fingerprint density at radius 1 is 1.29 bits per heavy atom. The summed E-state index contributed by atoms with van der Waals surface area (Å²) in [7, 11) is 1.36. The molecular formula is C22H19N3O6. The highest BCUT2D eigenvalue weighted by Crippen LogP contribution is 2.30. The van der Waals surface area contributed by atoms with Crippen molar-refractivity contribution in [2.45, 2.75) is 6.92 Å². The van der Waals surface area contributed by atoms with Crippen molar-refractivity contribution in [3.8, 4) is 17.6 Å². The molecule has 0 fully saturated rings. The van der Waals surface area contributed by atoms with Gasteiger partial charge in [-0.1, -0.05) is 18.2 Å². The van der Waals surface area contributed by atoms with Gasteiger partial charge >= 0.3 is 5.97 Å². The second-order valence-electron chi connectivity index (χ2n) is 6.18. The molecule has 2 rings (SSSR count). The molecule has 31 heavy (non-hydrogen) atoms. The number of carbonyl (C=O) groups is 2. The van der Waals surface area contributed by atoms with Crippen LogP contribution in [0.2, 0.25) is 0 Å². The molecule has 0 aliphatic rings. The van der Waals surface area contributed by atoms with Gasteiger partial charge in [-0.15, -0.1) is 6.58 Å². The van der Waals surface area contributed by atoms with Crippen LogP contribution in [0.25, 0.3) is 6.08 Å². The third-order valence-corrected chi connectivity index (χ3v) is 4.20. The first kappa shape index (κ1) is 22.8. The third-order valence-electron chi connectivity index (χ3n) is 4.20. The van der Waals surface area contributed by atoms with Gasteiger partial charge in [-0.05, 0) is 36.8 Å². The Bertz CT molecular complexity index is 1110. The Labute approximate surface area is 178 Å². The van der Waals surface area contributed by atoms with E-state index in [1.807, 2.05) is 6.07 Å². The maximum absolute atomic E-state index is 12.6. The fourth-order valence-electron chi connectivity index (χ4n) is 2.63. The summed E-state index contributed by atoms with van der Waals surface area (Å²) in [5, 5.41) is 22.8. The molecule has 2 aromatic rings. The number of amides is 1. The fraction of sp³-hybridized carbons (Fsp3) is 0.136. The van der Waals surface area contributed by atoms with Crippen molar-refractivity contribution < 1.29 is 24.0 Å². The van der Waals surface area contributed by atoms with Gasteiger partial charge in [-0.2, -0.15) is 5.26 Å². The van der Waals surface area contributed by atoms with Crippen LogP contribution in [-0.4, -0.2) is 30.5 Å². The highest BCUT2D eigenvalue weighted by Gasteiger charge is 2.20. The molecular weight excluding hydrogens is 402 g/mol. The van der Waals surface area contributed by atoms with E-state index >= 15 is 0 Å². The van der Waals surface area contributed by atoms with E-state index in [0.717, 1.165) is 0 Å². The predicted octanol–water partition coefficient (Wildman–Crippen LogP) is 3.34. The molecule has 0 spiro atoms. The minimum atomic E-state index is -0.788. The lowest BCUT2D eigenvalue weighted by Crippen LogP contribution is -2.24. The monoisotopic (exact) mass is 421 g/mol. The summed E-state index contributed by atoms with van der Waals surface area (Å²) in [6.07, 6.45) is 2.85. The van der Waals surface area contributed by atoms with Crippen LogP contribution in [0.1, 0.15) is 21.5 Å². The number of rotatable bonds is 8. The van der Waals surface area contributed by atoms with Gasteiger partial charge in [0.2, 0.25) is 0 Å². The number of hydrogen-bond acceptors (Lipinski definition) is 7. The summed E-state index contributed by atoms with van der Waals surface area (Å²) < 4.78 is 10.6. The summed E-state index contributed by atoms with van der Waals surface area (Å²) in [5.74, 6) is -1.10. The van der Waals surface area contributed by atoms with Gasteiger partial charge < -0.3 is 14.8 Å². The standard InChI is InChI=1S/C22H19N3O6/c1-4-10-24-21(26)16(13-23)11-15-8-9-19(20(12-15)30-3)31-22(27)17-6-5-7-18(14(17)2)25(28)29/h4-9,11-12H,1,10H2,2-3H3,(H,24,26)/b16-11-. The highest BCUT2D eigenvalue weighted by molar-refractivity contribution is 6.01. The van der Waals surface area contributed by atoms with E-state index < -0.39 is 16.8 Å². The van der Waals surface area contributed by atoms with Crippen LogP contribution in [0, 0.1) is 28.4 Å². The molecule has 1 N–H and O–H groups in total. The fourth-order valence-corrected chi connectivity index (χ4v) is 2.63. The maximum atomic E-state index is 12.6. The number of methoxy groups -OCH3 is 1. The normalized spacial score (nSPS) is 10.5. The number of carbonyl (C=O) groups excluding carboxylic acids is 2. The lowest BCUT2D eigenvalue weighted by atomic mass is 10.1. The first-order valence-electron chi connectivity index (χ1n) is 8.97. The average Bonchev–Trinajstić information content (AvgIpc) is 2.76. The van der Waals surface area contributed by atoms with Crippen molar-refractivity contribution in [1.29, 1.82) is 5.26 Å². The van der Waals surface area contributed by atoms with Crippen LogP contribution in [-0.2, 0) is 4.79 Å². The number of nitrogens with one attached hydrogen (secondary N) is 1. The number of ether oxygens (including phenoxy) is 2. The van der Waals surface area contributed by atoms with Gasteiger partial charge in [0.25, 0.3) is 11.6 Å². The van der Waals surface area contributed by atoms with E-state index in [9.17, 15) is 25.0 Å². The molecule has 0 radical (unpaired) electrons. The van der Waals surface area contributed by atoms with Crippen LogP contribution in [0.3, 0.4) is 0 Å². The maximum Gasteiger partial charge on any atom is 0.344 e. The minimum absolute atomic E-state index is 0.0471. The van der Waals surface area contributed by atoms with E-state index in [4.69, 9.17) is 9.47 Å². The number of nitro benzene ring substituents is 1. The smallest absolute Gasteiger partial charge is 0.344 e. The van der Waals surface area contributed by atoms with Crippen molar-refractivity contribution >= 4 is 23.6 Å². The summed E-state index contributed by atoms with van der Waals surface area (Å²) >= 11 is 0. The summed E-state index contributed by atoms with van der Waals surface area (Å²) in [6.45, 7) is 5.16. The van der Waals surface area contributed by atoms with Crippen molar-refractivity contribution in [2.75, 3.05) is 13.7 Å². The molecule has 0 aliphatic carbocycles. The summed E-state index contributed by atoms with van der Waals surface area (Å²) in [5.41, 5.74) is 0.376. The highest BCUT2D eigenvalue weighted by atomic mass is 16.6. The zero-order valence-electron chi connectivity index (χ0n) is 16.9. The van der Waals surface area contributed by atoms with Crippen LogP contribution in [0.5, 0.6) is 11.5 Å². The van der Waals surface area contributed by atoms with Crippen LogP contribution >= 0.6 is 0 Å². The molecule has 2 aromatic carbocycles. The quantitative estimate of drug-likeness (QED) is 0.131. The molecule has 1 amide bonds. The topological polar surface area (TPSA) is 132 Å². The van der Waals surface area contributed by atoms with Crippen molar-refractivity contribution in [3.63, 3.8) is 0 Å². The second kappa shape index (κ2) is 10.4. The molecule has 0 bridgehead atoms. The largest absolute Gasteiger partial charge is 0.493 e. The second-order valence-corrected chi connectivity index (χ2v) is 6.18. The number of esters is 1. The van der Waals surface area contributed by atoms with Crippen molar-refractivity contribution in [2.24, 2.45) is 0 Å². The van der Waals surface area contributed by atoms with Gasteiger partial charge in [0.15, 0.2) is 11.5 Å². The lowest BCUT2D eigenvalue weighted by molar-refractivity contribution is -0.385. The van der Waals surface area contributed by atoms with Crippen molar-refractivity contribution in [3.05, 3.63) is 81.4 Å². The molecule has 0 aromatic heterocycles. The van der Waals surface area contributed by atoms with Crippen LogP contribution in [0.4, 0.5) is 5.69 Å². The SMILES string of the molecule is C=CCNC(=O)/C(C#N)=C\c1ccc(OC(=O)c2cccc([N+](=O)[O-])c2C)c(OC)c1. The Morgan fingerprint density at radius 2 is 2.03 bits per heavy atom. The predicted molar refractivity (Wildman–Crippen MR) is 113 cm³/mol. The van der Waals surface area contributed by atoms with Crippen molar-refractivity contribution in [1.82, 2.24) is 5.32 Å². The average molecular weight is 421 g/mol. The molecule has 0 unspecified atom stereocenters. The number of benzene rings is 2. The van der Waals surface area contributed by atoms with E-state index in [0.29, 0.717) is 5.56 Å². The summed E-state index contributed by atoms with van der Waals surface area (Å²) in [6, 6.07) is 10.4. The van der Waals surface area contributed by atoms with Gasteiger partial charge in [0, 0.05) is 18.2 Å². The molecule has 0 aliphatic heterocycles. The zero-order chi connectivity index (χ0) is 23.0. The summed E-state index contributed by atoms with van der Waals surface area (Å²) in [4.78, 5) is 35.0. The minimum Gasteiger partial charge on any atom is -0.493 e. The number of nitro groups is 1. The molecule has 9 nitrogen and oxygen atoms in total. The van der Waals surface area contributed by atoms with Gasteiger partial charge in [-0.25, -0.2) is 4.79 Å². The molecule has 9 heteroatoms. The third kappa shape index (κ3) is 5.55. The molecule has 0 atom stereocenters. The Kier molecular flexibility index (Phi) is 7.63. The lowest BCUT2D eigenvalue weighted by Gasteiger charge is -2.11. The van der Waals surface area contributed by atoms with E-state index in [1.54, 1.807) is 0 Å². The Morgan fingerprint density at radius 3 is 2.65 bits per heavy atom. The molecule has 158 valence electrons. The number of nitrogens with zero attached hydrogens (tertiary/aromatic N) is 2. The van der Waals surface area contributed by atoms with Gasteiger partial charge in [0.1, 0.15) is 11.6 Å². The Hall–Kier alpha value is -4.45. The molecule has 0 saturated carbocycles. The van der Waals surface area contributed by atoms with Crippen LogP contribution < -0.4 is 14.8 Å².